The predicted molar refractivity (Wildman–Crippen MR) is 69.2 cm³/mol. The van der Waals surface area contributed by atoms with Crippen molar-refractivity contribution in [2.45, 2.75) is 32.2 Å². The van der Waals surface area contributed by atoms with Crippen LogP contribution in [0.2, 0.25) is 0 Å². The molecule has 1 saturated heterocycles. The van der Waals surface area contributed by atoms with E-state index in [1.165, 1.54) is 10.7 Å². The van der Waals surface area contributed by atoms with Gasteiger partial charge in [-0.3, -0.25) is 0 Å². The van der Waals surface area contributed by atoms with Crippen molar-refractivity contribution < 1.29 is 0 Å². The highest BCUT2D eigenvalue weighted by Crippen LogP contribution is 2.19. The van der Waals surface area contributed by atoms with E-state index in [0.29, 0.717) is 12.0 Å². The van der Waals surface area contributed by atoms with E-state index in [1.54, 1.807) is 11.3 Å². The maximum Gasteiger partial charge on any atom is 0.0944 e. The molecule has 1 aromatic heterocycles. The second-order valence-electron chi connectivity index (χ2n) is 4.94. The quantitative estimate of drug-likeness (QED) is 0.870. The fraction of sp³-hybridized carbons (Fsp3) is 0.750. The average molecular weight is 239 g/mol. The number of hydrogen-bond donors (Lipinski definition) is 1. The number of thiazole rings is 1. The zero-order valence-electron chi connectivity index (χ0n) is 10.4. The summed E-state index contributed by atoms with van der Waals surface area (Å²) in [6.07, 6.45) is 1.07. The van der Waals surface area contributed by atoms with E-state index in [2.05, 4.69) is 41.5 Å². The third-order valence-corrected chi connectivity index (χ3v) is 3.93. The van der Waals surface area contributed by atoms with Crippen LogP contribution in [0.25, 0.3) is 0 Å². The molecule has 0 aromatic carbocycles. The summed E-state index contributed by atoms with van der Waals surface area (Å²) in [7, 11) is 2.19. The van der Waals surface area contributed by atoms with Gasteiger partial charge >= 0.3 is 0 Å². The molecule has 0 amide bonds. The lowest BCUT2D eigenvalue weighted by atomic mass is 10.1. The van der Waals surface area contributed by atoms with Crippen molar-refractivity contribution in [3.8, 4) is 0 Å². The number of piperazine rings is 1. The average Bonchev–Trinajstić information content (AvgIpc) is 2.66. The molecule has 1 fully saturated rings. The van der Waals surface area contributed by atoms with E-state index in [9.17, 15) is 0 Å². The minimum Gasteiger partial charge on any atom is -0.311 e. The molecule has 1 aliphatic heterocycles. The maximum absolute atomic E-state index is 4.69. The minimum atomic E-state index is 0.548. The standard InChI is InChI=1S/C12H21N3S/c1-9(2)11-8-16-12(14-11)6-10-7-15(3)5-4-13-10/h8-10,13H,4-7H2,1-3H3. The third kappa shape index (κ3) is 3.03. The number of rotatable bonds is 3. The molecule has 1 N–H and O–H groups in total. The Balaban J connectivity index is 1.92. The molecule has 3 nitrogen and oxygen atoms in total. The number of hydrogen-bond acceptors (Lipinski definition) is 4. The van der Waals surface area contributed by atoms with Crippen LogP contribution in [0.1, 0.15) is 30.5 Å². The summed E-state index contributed by atoms with van der Waals surface area (Å²) in [5.41, 5.74) is 1.24. The number of nitrogens with zero attached hydrogens (tertiary/aromatic N) is 2. The van der Waals surface area contributed by atoms with Crippen LogP contribution in [0.5, 0.6) is 0 Å². The maximum atomic E-state index is 4.69. The Bertz CT molecular complexity index is 335. The summed E-state index contributed by atoms with van der Waals surface area (Å²) in [6.45, 7) is 7.79. The Morgan fingerprint density at radius 3 is 3.06 bits per heavy atom. The predicted octanol–water partition coefficient (Wildman–Crippen LogP) is 1.71. The van der Waals surface area contributed by atoms with Crippen LogP contribution in [0, 0.1) is 0 Å². The molecule has 0 saturated carbocycles. The normalized spacial score (nSPS) is 22.9. The molecule has 4 heteroatoms. The van der Waals surface area contributed by atoms with Crippen LogP contribution >= 0.6 is 11.3 Å². The van der Waals surface area contributed by atoms with E-state index in [4.69, 9.17) is 0 Å². The lowest BCUT2D eigenvalue weighted by Crippen LogP contribution is -2.49. The highest BCUT2D eigenvalue weighted by atomic mass is 32.1. The van der Waals surface area contributed by atoms with E-state index in [-0.39, 0.29) is 0 Å². The van der Waals surface area contributed by atoms with Crippen molar-refractivity contribution >= 4 is 11.3 Å². The number of aromatic nitrogens is 1. The lowest BCUT2D eigenvalue weighted by molar-refractivity contribution is 0.238. The fourth-order valence-electron chi connectivity index (χ4n) is 2.02. The van der Waals surface area contributed by atoms with E-state index < -0.39 is 0 Å². The highest BCUT2D eigenvalue weighted by molar-refractivity contribution is 7.09. The van der Waals surface area contributed by atoms with Crippen LogP contribution in [-0.2, 0) is 6.42 Å². The molecule has 1 atom stereocenters. The SMILES string of the molecule is CC(C)c1csc(CC2CN(C)CCN2)n1. The molecule has 1 unspecified atom stereocenters. The summed E-state index contributed by atoms with van der Waals surface area (Å²) in [6, 6.07) is 0.574. The first-order valence-corrected chi connectivity index (χ1v) is 6.89. The van der Waals surface area contributed by atoms with Gasteiger partial charge in [-0.2, -0.15) is 0 Å². The molecule has 16 heavy (non-hydrogen) atoms. The van der Waals surface area contributed by atoms with Crippen LogP contribution < -0.4 is 5.32 Å². The van der Waals surface area contributed by atoms with E-state index in [1.807, 2.05) is 0 Å². The lowest BCUT2D eigenvalue weighted by Gasteiger charge is -2.30. The molecule has 1 aromatic rings. The largest absolute Gasteiger partial charge is 0.311 e. The Hall–Kier alpha value is -0.450. The van der Waals surface area contributed by atoms with Gasteiger partial charge < -0.3 is 10.2 Å². The molecule has 90 valence electrons. The van der Waals surface area contributed by atoms with Gasteiger partial charge in [-0.15, -0.1) is 11.3 Å². The summed E-state index contributed by atoms with van der Waals surface area (Å²) < 4.78 is 0. The molecule has 2 rings (SSSR count). The summed E-state index contributed by atoms with van der Waals surface area (Å²) in [5.74, 6) is 0.548. The first kappa shape index (κ1) is 12.0. The Kier molecular flexibility index (Phi) is 3.95. The second-order valence-corrected chi connectivity index (χ2v) is 5.88. The van der Waals surface area contributed by atoms with Gasteiger partial charge in [0.2, 0.25) is 0 Å². The molecule has 0 radical (unpaired) electrons. The van der Waals surface area contributed by atoms with Crippen molar-refractivity contribution in [1.29, 1.82) is 0 Å². The number of nitrogens with one attached hydrogen (secondary N) is 1. The van der Waals surface area contributed by atoms with Gasteiger partial charge in [0, 0.05) is 37.5 Å². The topological polar surface area (TPSA) is 28.2 Å². The second kappa shape index (κ2) is 5.25. The molecule has 1 aliphatic rings. The first-order chi connectivity index (χ1) is 7.65. The molecule has 0 spiro atoms. The van der Waals surface area contributed by atoms with Gasteiger partial charge in [0.05, 0.1) is 10.7 Å². The smallest absolute Gasteiger partial charge is 0.0944 e. The zero-order valence-corrected chi connectivity index (χ0v) is 11.2. The Labute approximate surface area is 102 Å². The van der Waals surface area contributed by atoms with Crippen molar-refractivity contribution in [2.75, 3.05) is 26.7 Å². The van der Waals surface area contributed by atoms with Gasteiger partial charge in [0.15, 0.2) is 0 Å². The van der Waals surface area contributed by atoms with Gasteiger partial charge in [-0.1, -0.05) is 13.8 Å². The van der Waals surface area contributed by atoms with E-state index in [0.717, 1.165) is 26.1 Å². The van der Waals surface area contributed by atoms with Crippen molar-refractivity contribution in [2.24, 2.45) is 0 Å². The minimum absolute atomic E-state index is 0.548. The van der Waals surface area contributed by atoms with Gasteiger partial charge in [0.1, 0.15) is 0 Å². The van der Waals surface area contributed by atoms with Gasteiger partial charge in [-0.25, -0.2) is 4.98 Å². The number of likely N-dealkylation sites (N-methyl/N-ethyl adjacent to an activating group) is 1. The zero-order chi connectivity index (χ0) is 11.5. The third-order valence-electron chi connectivity index (χ3n) is 3.04. The van der Waals surface area contributed by atoms with Crippen LogP contribution in [-0.4, -0.2) is 42.6 Å². The molecule has 0 bridgehead atoms. The molecular formula is C12H21N3S. The van der Waals surface area contributed by atoms with Gasteiger partial charge in [0.25, 0.3) is 0 Å². The van der Waals surface area contributed by atoms with Crippen LogP contribution in [0.3, 0.4) is 0 Å². The molecular weight excluding hydrogens is 218 g/mol. The van der Waals surface area contributed by atoms with Crippen LogP contribution in [0.15, 0.2) is 5.38 Å². The van der Waals surface area contributed by atoms with Crippen molar-refractivity contribution in [1.82, 2.24) is 15.2 Å². The Morgan fingerprint density at radius 2 is 2.44 bits per heavy atom. The van der Waals surface area contributed by atoms with Crippen molar-refractivity contribution in [3.63, 3.8) is 0 Å². The summed E-state index contributed by atoms with van der Waals surface area (Å²) >= 11 is 1.80. The summed E-state index contributed by atoms with van der Waals surface area (Å²) in [5, 5.41) is 7.04. The highest BCUT2D eigenvalue weighted by Gasteiger charge is 2.18. The van der Waals surface area contributed by atoms with E-state index >= 15 is 0 Å². The molecule has 2 heterocycles. The van der Waals surface area contributed by atoms with Crippen molar-refractivity contribution in [3.05, 3.63) is 16.1 Å². The fourth-order valence-corrected chi connectivity index (χ4v) is 3.06. The first-order valence-electron chi connectivity index (χ1n) is 6.01. The monoisotopic (exact) mass is 239 g/mol. The Morgan fingerprint density at radius 1 is 1.62 bits per heavy atom. The van der Waals surface area contributed by atoms with Crippen LogP contribution in [0.4, 0.5) is 0 Å². The van der Waals surface area contributed by atoms with Gasteiger partial charge in [-0.05, 0) is 13.0 Å². The summed E-state index contributed by atoms with van der Waals surface area (Å²) in [4.78, 5) is 7.08. The molecule has 0 aliphatic carbocycles.